The summed E-state index contributed by atoms with van der Waals surface area (Å²) in [7, 11) is -3.49. The smallest absolute Gasteiger partial charge is 0.182 e. The number of ketones is 1. The first-order chi connectivity index (χ1) is 12.1. The molecule has 0 spiro atoms. The minimum Gasteiger partial charge on any atom is -0.488 e. The number of benzene rings is 2. The third-order valence-electron chi connectivity index (χ3n) is 4.70. The number of hydrogen-bond donors (Lipinski definition) is 0. The topological polar surface area (TPSA) is 60.4 Å². The van der Waals surface area contributed by atoms with E-state index in [1.807, 2.05) is 24.3 Å². The Kier molecular flexibility index (Phi) is 3.96. The zero-order chi connectivity index (χ0) is 17.4. The molecule has 2 aromatic carbocycles. The largest absolute Gasteiger partial charge is 0.488 e. The summed E-state index contributed by atoms with van der Waals surface area (Å²) in [5.41, 5.74) is 2.23. The Bertz CT molecular complexity index is 958. The molecule has 2 aromatic rings. The van der Waals surface area contributed by atoms with Crippen molar-refractivity contribution in [2.24, 2.45) is 0 Å². The second kappa shape index (κ2) is 6.15. The van der Waals surface area contributed by atoms with E-state index in [2.05, 4.69) is 0 Å². The highest BCUT2D eigenvalue weighted by molar-refractivity contribution is 7.91. The van der Waals surface area contributed by atoms with Crippen molar-refractivity contribution in [3.8, 4) is 0 Å². The zero-order valence-corrected chi connectivity index (χ0v) is 14.5. The van der Waals surface area contributed by atoms with Gasteiger partial charge in [-0.25, -0.2) is 8.42 Å². The molecular weight excluding hydrogens is 336 g/mol. The first-order valence-electron chi connectivity index (χ1n) is 8.36. The highest BCUT2D eigenvalue weighted by Crippen LogP contribution is 2.42. The molecule has 0 amide bonds. The van der Waals surface area contributed by atoms with Gasteiger partial charge in [0.15, 0.2) is 15.6 Å². The fraction of sp³-hybridized carbons (Fsp3) is 0.250. The molecule has 0 saturated carbocycles. The fourth-order valence-corrected chi connectivity index (χ4v) is 4.93. The van der Waals surface area contributed by atoms with Crippen molar-refractivity contribution < 1.29 is 17.9 Å². The Morgan fingerprint density at radius 3 is 2.48 bits per heavy atom. The van der Waals surface area contributed by atoms with E-state index in [1.165, 1.54) is 0 Å². The van der Waals surface area contributed by atoms with Gasteiger partial charge in [0.25, 0.3) is 0 Å². The third-order valence-corrected chi connectivity index (χ3v) is 6.43. The van der Waals surface area contributed by atoms with Crippen LogP contribution in [0.15, 0.2) is 65.3 Å². The van der Waals surface area contributed by atoms with Crippen molar-refractivity contribution in [2.75, 3.05) is 5.75 Å². The van der Waals surface area contributed by atoms with E-state index in [1.54, 1.807) is 30.3 Å². The van der Waals surface area contributed by atoms with Crippen LogP contribution in [0.5, 0.6) is 0 Å². The molecule has 0 saturated heterocycles. The van der Waals surface area contributed by atoms with Crippen molar-refractivity contribution in [2.45, 2.75) is 30.3 Å². The maximum Gasteiger partial charge on any atom is 0.182 e. The van der Waals surface area contributed by atoms with Gasteiger partial charge in [0, 0.05) is 18.4 Å². The average Bonchev–Trinajstić information content (AvgIpc) is 2.62. The highest BCUT2D eigenvalue weighted by Gasteiger charge is 2.35. The molecule has 0 fully saturated rings. The van der Waals surface area contributed by atoms with Gasteiger partial charge in [-0.2, -0.15) is 0 Å². The summed E-state index contributed by atoms with van der Waals surface area (Å²) in [5.74, 6) is 0.584. The van der Waals surface area contributed by atoms with E-state index in [0.29, 0.717) is 24.2 Å². The Labute approximate surface area is 147 Å². The molecule has 5 heteroatoms. The summed E-state index contributed by atoms with van der Waals surface area (Å²) >= 11 is 0. The Morgan fingerprint density at radius 1 is 0.960 bits per heavy atom. The highest BCUT2D eigenvalue weighted by atomic mass is 32.2. The first kappa shape index (κ1) is 16.1. The van der Waals surface area contributed by atoms with Crippen LogP contribution in [0.2, 0.25) is 0 Å². The molecule has 0 aromatic heterocycles. The second-order valence-electron chi connectivity index (χ2n) is 6.36. The lowest BCUT2D eigenvalue weighted by Gasteiger charge is -2.32. The number of carbonyl (C=O) groups excluding carboxylic acids is 1. The number of carbonyl (C=O) groups is 1. The fourth-order valence-electron chi connectivity index (χ4n) is 3.52. The van der Waals surface area contributed by atoms with E-state index in [4.69, 9.17) is 4.74 Å². The molecule has 128 valence electrons. The number of rotatable bonds is 3. The molecule has 1 unspecified atom stereocenters. The number of fused-ring (bicyclic) bond motifs is 2. The van der Waals surface area contributed by atoms with Crippen LogP contribution in [0.25, 0.3) is 5.57 Å². The molecule has 1 heterocycles. The molecule has 4 nitrogen and oxygen atoms in total. The zero-order valence-electron chi connectivity index (χ0n) is 13.6. The lowest BCUT2D eigenvalue weighted by molar-refractivity contribution is -0.114. The van der Waals surface area contributed by atoms with E-state index in [0.717, 1.165) is 17.5 Å². The van der Waals surface area contributed by atoms with Crippen molar-refractivity contribution in [1.29, 1.82) is 0 Å². The van der Waals surface area contributed by atoms with Crippen LogP contribution in [0, 0.1) is 0 Å². The molecular formula is C20H18O4S. The number of ether oxygens (including phenoxy) is 1. The van der Waals surface area contributed by atoms with Crippen LogP contribution in [0.1, 0.15) is 36.5 Å². The lowest BCUT2D eigenvalue weighted by atomic mass is 9.85. The van der Waals surface area contributed by atoms with Crippen molar-refractivity contribution >= 4 is 21.2 Å². The van der Waals surface area contributed by atoms with Crippen molar-refractivity contribution in [3.05, 3.63) is 71.5 Å². The van der Waals surface area contributed by atoms with Gasteiger partial charge in [-0.3, -0.25) is 4.79 Å². The van der Waals surface area contributed by atoms with E-state index in [-0.39, 0.29) is 16.4 Å². The molecule has 1 aliphatic heterocycles. The van der Waals surface area contributed by atoms with Gasteiger partial charge in [-0.05, 0) is 24.1 Å². The number of sulfone groups is 1. The lowest BCUT2D eigenvalue weighted by Crippen LogP contribution is -2.25. The van der Waals surface area contributed by atoms with Crippen LogP contribution in [0.3, 0.4) is 0 Å². The summed E-state index contributed by atoms with van der Waals surface area (Å²) < 4.78 is 31.6. The quantitative estimate of drug-likeness (QED) is 0.843. The van der Waals surface area contributed by atoms with E-state index < -0.39 is 15.9 Å². The van der Waals surface area contributed by atoms with Gasteiger partial charge in [0.2, 0.25) is 0 Å². The van der Waals surface area contributed by atoms with Gasteiger partial charge in [-0.1, -0.05) is 42.5 Å². The Balaban J connectivity index is 1.74. The SMILES string of the molecule is O=C1CCCC2=C1c1ccccc1C(CS(=O)(=O)c1ccccc1)O2. The standard InChI is InChI=1S/C20H18O4S/c21-17-11-6-12-18-20(17)16-10-5-4-9-15(16)19(24-18)13-25(22,23)14-7-2-1-3-8-14/h1-5,7-10,19H,6,11-13H2. The van der Waals surface area contributed by atoms with E-state index >= 15 is 0 Å². The Hall–Kier alpha value is -2.40. The average molecular weight is 354 g/mol. The summed E-state index contributed by atoms with van der Waals surface area (Å²) in [6.45, 7) is 0. The van der Waals surface area contributed by atoms with Crippen LogP contribution in [-0.4, -0.2) is 20.0 Å². The van der Waals surface area contributed by atoms with Gasteiger partial charge >= 0.3 is 0 Å². The van der Waals surface area contributed by atoms with Crippen LogP contribution >= 0.6 is 0 Å². The van der Waals surface area contributed by atoms with Gasteiger partial charge in [0.05, 0.1) is 16.2 Å². The minimum absolute atomic E-state index is 0.0815. The molecule has 25 heavy (non-hydrogen) atoms. The summed E-state index contributed by atoms with van der Waals surface area (Å²) in [6.07, 6.45) is 1.35. The number of hydrogen-bond acceptors (Lipinski definition) is 4. The number of allylic oxidation sites excluding steroid dienone is 2. The molecule has 0 radical (unpaired) electrons. The van der Waals surface area contributed by atoms with Gasteiger partial charge in [-0.15, -0.1) is 0 Å². The summed E-state index contributed by atoms with van der Waals surface area (Å²) in [6, 6.07) is 15.9. The van der Waals surface area contributed by atoms with Crippen LogP contribution < -0.4 is 0 Å². The molecule has 1 aliphatic carbocycles. The molecule has 0 bridgehead atoms. The molecule has 0 N–H and O–H groups in total. The van der Waals surface area contributed by atoms with Crippen LogP contribution in [0.4, 0.5) is 0 Å². The second-order valence-corrected chi connectivity index (χ2v) is 8.40. The summed E-state index contributed by atoms with van der Waals surface area (Å²) in [4.78, 5) is 12.6. The van der Waals surface area contributed by atoms with Gasteiger partial charge in [0.1, 0.15) is 11.9 Å². The predicted octanol–water partition coefficient (Wildman–Crippen LogP) is 3.70. The normalized spacial score (nSPS) is 19.8. The maximum absolute atomic E-state index is 12.8. The van der Waals surface area contributed by atoms with Gasteiger partial charge < -0.3 is 4.74 Å². The minimum atomic E-state index is -3.49. The monoisotopic (exact) mass is 354 g/mol. The Morgan fingerprint density at radius 2 is 1.68 bits per heavy atom. The van der Waals surface area contributed by atoms with Crippen LogP contribution in [-0.2, 0) is 19.4 Å². The third kappa shape index (κ3) is 2.89. The predicted molar refractivity (Wildman–Crippen MR) is 94.5 cm³/mol. The molecule has 2 aliphatic rings. The van der Waals surface area contributed by atoms with E-state index in [9.17, 15) is 13.2 Å². The molecule has 1 atom stereocenters. The first-order valence-corrected chi connectivity index (χ1v) is 10.0. The van der Waals surface area contributed by atoms with Crippen molar-refractivity contribution in [1.82, 2.24) is 0 Å². The molecule has 4 rings (SSSR count). The number of Topliss-reactive ketones (excluding diaryl/α,β-unsaturated/α-hetero) is 1. The maximum atomic E-state index is 12.8. The summed E-state index contributed by atoms with van der Waals surface area (Å²) in [5, 5.41) is 0. The van der Waals surface area contributed by atoms with Crippen molar-refractivity contribution in [3.63, 3.8) is 0 Å².